The van der Waals surface area contributed by atoms with E-state index in [0.717, 1.165) is 11.6 Å². The molecular formula is C12H21N5O. The normalized spacial score (nSPS) is 16.4. The molecule has 0 aromatic carbocycles. The van der Waals surface area contributed by atoms with Crippen LogP contribution in [0.2, 0.25) is 0 Å². The lowest BCUT2D eigenvalue weighted by Crippen LogP contribution is -2.33. The zero-order chi connectivity index (χ0) is 13.1. The molecule has 0 bridgehead atoms. The Morgan fingerprint density at radius 1 is 1.56 bits per heavy atom. The van der Waals surface area contributed by atoms with E-state index in [1.807, 2.05) is 13.1 Å². The van der Waals surface area contributed by atoms with Crippen molar-refractivity contribution in [3.05, 3.63) is 11.9 Å². The molecule has 1 heterocycles. The molecule has 1 unspecified atom stereocenters. The van der Waals surface area contributed by atoms with Crippen LogP contribution in [-0.2, 0) is 4.74 Å². The number of likely N-dealkylation sites (N-methyl/N-ethyl adjacent to an activating group) is 1. The van der Waals surface area contributed by atoms with Crippen LogP contribution >= 0.6 is 0 Å². The van der Waals surface area contributed by atoms with Crippen molar-refractivity contribution < 1.29 is 4.74 Å². The summed E-state index contributed by atoms with van der Waals surface area (Å²) in [5.74, 6) is 8.39. The Morgan fingerprint density at radius 3 is 2.83 bits per heavy atom. The Morgan fingerprint density at radius 2 is 2.28 bits per heavy atom. The van der Waals surface area contributed by atoms with Gasteiger partial charge in [-0.15, -0.1) is 0 Å². The van der Waals surface area contributed by atoms with Gasteiger partial charge in [0, 0.05) is 26.1 Å². The highest BCUT2D eigenvalue weighted by Gasteiger charge is 2.28. The van der Waals surface area contributed by atoms with Crippen molar-refractivity contribution >= 4 is 11.6 Å². The molecule has 0 aliphatic heterocycles. The number of aromatic nitrogens is 2. The van der Waals surface area contributed by atoms with Gasteiger partial charge in [-0.2, -0.15) is 0 Å². The molecule has 18 heavy (non-hydrogen) atoms. The van der Waals surface area contributed by atoms with Crippen molar-refractivity contribution in [2.24, 2.45) is 5.84 Å². The van der Waals surface area contributed by atoms with Crippen molar-refractivity contribution in [2.75, 3.05) is 31.1 Å². The van der Waals surface area contributed by atoms with Crippen LogP contribution in [0.25, 0.3) is 0 Å². The summed E-state index contributed by atoms with van der Waals surface area (Å²) in [6.07, 6.45) is 2.34. The Bertz CT molecular complexity index is 407. The standard InChI is InChI=1S/C12H21N5O/c1-8(7-18-3)17(2)11-6-10(16-13)14-12(15-11)9-4-5-9/h6,8-9H,4-5,7,13H2,1-3H3,(H,14,15,16). The van der Waals surface area contributed by atoms with Crippen LogP contribution in [0.1, 0.15) is 31.5 Å². The van der Waals surface area contributed by atoms with Crippen LogP contribution in [0.15, 0.2) is 6.07 Å². The SMILES string of the molecule is COCC(C)N(C)c1cc(NN)nc(C2CC2)n1. The predicted octanol–water partition coefficient (Wildman–Crippen LogP) is 1.11. The zero-order valence-corrected chi connectivity index (χ0v) is 11.2. The summed E-state index contributed by atoms with van der Waals surface area (Å²) in [5, 5.41) is 0. The smallest absolute Gasteiger partial charge is 0.145 e. The molecule has 1 saturated carbocycles. The van der Waals surface area contributed by atoms with E-state index in [-0.39, 0.29) is 6.04 Å². The molecule has 1 aliphatic carbocycles. The number of nitrogens with one attached hydrogen (secondary N) is 1. The van der Waals surface area contributed by atoms with E-state index in [1.165, 1.54) is 12.8 Å². The minimum Gasteiger partial charge on any atom is -0.383 e. The first kappa shape index (κ1) is 13.0. The summed E-state index contributed by atoms with van der Waals surface area (Å²) in [4.78, 5) is 11.1. The number of ether oxygens (including phenoxy) is 1. The van der Waals surface area contributed by atoms with Gasteiger partial charge in [-0.25, -0.2) is 15.8 Å². The monoisotopic (exact) mass is 251 g/mol. The van der Waals surface area contributed by atoms with E-state index in [4.69, 9.17) is 10.6 Å². The second-order valence-corrected chi connectivity index (χ2v) is 4.80. The molecule has 2 rings (SSSR count). The van der Waals surface area contributed by atoms with Gasteiger partial charge in [0.1, 0.15) is 17.5 Å². The number of hydrogen-bond donors (Lipinski definition) is 2. The maximum absolute atomic E-state index is 5.46. The Labute approximate surface area is 108 Å². The highest BCUT2D eigenvalue weighted by atomic mass is 16.5. The van der Waals surface area contributed by atoms with E-state index >= 15 is 0 Å². The first-order valence-electron chi connectivity index (χ1n) is 6.23. The summed E-state index contributed by atoms with van der Waals surface area (Å²) in [6.45, 7) is 2.75. The van der Waals surface area contributed by atoms with Crippen LogP contribution < -0.4 is 16.2 Å². The Balaban J connectivity index is 2.22. The molecule has 6 nitrogen and oxygen atoms in total. The number of rotatable bonds is 6. The van der Waals surface area contributed by atoms with Crippen molar-refractivity contribution in [2.45, 2.75) is 31.7 Å². The molecule has 3 N–H and O–H groups in total. The van der Waals surface area contributed by atoms with Gasteiger partial charge in [0.25, 0.3) is 0 Å². The second-order valence-electron chi connectivity index (χ2n) is 4.80. The highest BCUT2D eigenvalue weighted by Crippen LogP contribution is 2.39. The summed E-state index contributed by atoms with van der Waals surface area (Å²) in [7, 11) is 3.70. The van der Waals surface area contributed by atoms with E-state index in [1.54, 1.807) is 7.11 Å². The molecule has 0 spiro atoms. The number of methoxy groups -OCH3 is 1. The van der Waals surface area contributed by atoms with E-state index < -0.39 is 0 Å². The molecule has 1 aliphatic rings. The number of nitrogens with two attached hydrogens (primary N) is 1. The van der Waals surface area contributed by atoms with Gasteiger partial charge in [0.15, 0.2) is 0 Å². The van der Waals surface area contributed by atoms with Crippen LogP contribution in [0.5, 0.6) is 0 Å². The van der Waals surface area contributed by atoms with Crippen molar-refractivity contribution in [1.29, 1.82) is 0 Å². The Hall–Kier alpha value is -1.40. The van der Waals surface area contributed by atoms with Crippen LogP contribution in [0.3, 0.4) is 0 Å². The van der Waals surface area contributed by atoms with Crippen molar-refractivity contribution in [3.8, 4) is 0 Å². The zero-order valence-electron chi connectivity index (χ0n) is 11.2. The molecule has 0 radical (unpaired) electrons. The quantitative estimate of drug-likeness (QED) is 0.582. The van der Waals surface area contributed by atoms with E-state index in [2.05, 4.69) is 27.2 Å². The summed E-state index contributed by atoms with van der Waals surface area (Å²) in [6, 6.07) is 2.11. The third-order valence-electron chi connectivity index (χ3n) is 3.25. The fourth-order valence-electron chi connectivity index (χ4n) is 1.81. The fourth-order valence-corrected chi connectivity index (χ4v) is 1.81. The van der Waals surface area contributed by atoms with Gasteiger partial charge in [-0.1, -0.05) is 0 Å². The van der Waals surface area contributed by atoms with Crippen LogP contribution in [0, 0.1) is 0 Å². The highest BCUT2D eigenvalue weighted by molar-refractivity contribution is 5.49. The maximum atomic E-state index is 5.46. The molecule has 100 valence electrons. The van der Waals surface area contributed by atoms with Gasteiger partial charge in [-0.3, -0.25) is 0 Å². The minimum atomic E-state index is 0.252. The molecule has 1 aromatic rings. The van der Waals surface area contributed by atoms with Gasteiger partial charge >= 0.3 is 0 Å². The molecular weight excluding hydrogens is 230 g/mol. The topological polar surface area (TPSA) is 76.3 Å². The Kier molecular flexibility index (Phi) is 3.98. The summed E-state index contributed by atoms with van der Waals surface area (Å²) >= 11 is 0. The average Bonchev–Trinajstić information content (AvgIpc) is 3.21. The second kappa shape index (κ2) is 5.49. The summed E-state index contributed by atoms with van der Waals surface area (Å²) in [5.41, 5.74) is 2.61. The van der Waals surface area contributed by atoms with E-state index in [9.17, 15) is 0 Å². The van der Waals surface area contributed by atoms with E-state index in [0.29, 0.717) is 18.3 Å². The average molecular weight is 251 g/mol. The third-order valence-corrected chi connectivity index (χ3v) is 3.25. The number of hydrogen-bond acceptors (Lipinski definition) is 6. The summed E-state index contributed by atoms with van der Waals surface area (Å²) < 4.78 is 5.17. The van der Waals surface area contributed by atoms with Gasteiger partial charge in [-0.05, 0) is 19.8 Å². The first-order valence-corrected chi connectivity index (χ1v) is 6.23. The largest absolute Gasteiger partial charge is 0.383 e. The predicted molar refractivity (Wildman–Crippen MR) is 71.6 cm³/mol. The lowest BCUT2D eigenvalue weighted by Gasteiger charge is -2.26. The fraction of sp³-hybridized carbons (Fsp3) is 0.667. The molecule has 0 saturated heterocycles. The lowest BCUT2D eigenvalue weighted by atomic mass is 10.3. The number of hydrazine groups is 1. The minimum absolute atomic E-state index is 0.252. The molecule has 1 atom stereocenters. The van der Waals surface area contributed by atoms with Crippen molar-refractivity contribution in [3.63, 3.8) is 0 Å². The van der Waals surface area contributed by atoms with Gasteiger partial charge in [0.2, 0.25) is 0 Å². The van der Waals surface area contributed by atoms with Gasteiger partial charge < -0.3 is 15.1 Å². The third kappa shape index (κ3) is 2.88. The molecule has 6 heteroatoms. The van der Waals surface area contributed by atoms with Gasteiger partial charge in [0.05, 0.1) is 12.6 Å². The molecule has 1 fully saturated rings. The maximum Gasteiger partial charge on any atom is 0.145 e. The van der Waals surface area contributed by atoms with Crippen molar-refractivity contribution in [1.82, 2.24) is 9.97 Å². The first-order chi connectivity index (χ1) is 8.65. The lowest BCUT2D eigenvalue weighted by molar-refractivity contribution is 0.183. The molecule has 1 aromatic heterocycles. The number of nitrogen functional groups attached to an aromatic ring is 1. The van der Waals surface area contributed by atoms with Crippen LogP contribution in [-0.4, -0.2) is 36.8 Å². The number of nitrogens with zero attached hydrogens (tertiary/aromatic N) is 3. The number of anilines is 2. The van der Waals surface area contributed by atoms with Crippen LogP contribution in [0.4, 0.5) is 11.6 Å². The molecule has 0 amide bonds.